The number of thioether (sulfide) groups is 1. The maximum absolute atomic E-state index is 11.2. The summed E-state index contributed by atoms with van der Waals surface area (Å²) in [6.07, 6.45) is 3.59. The molecule has 3 heteroatoms. The largest absolute Gasteiger partial charge is 0.373 e. The number of Topliss-reactive ketones (excluding diaryl/α,β-unsaturated/α-hetero) is 1. The fraction of sp³-hybridized carbons (Fsp3) is 0.889. The van der Waals surface area contributed by atoms with Gasteiger partial charge in [0, 0.05) is 18.6 Å². The van der Waals surface area contributed by atoms with E-state index < -0.39 is 0 Å². The molecule has 2 aliphatic heterocycles. The Kier molecular flexibility index (Phi) is 2.42. The highest BCUT2D eigenvalue weighted by atomic mass is 32.2. The molecule has 2 fully saturated rings. The molecule has 0 saturated carbocycles. The van der Waals surface area contributed by atoms with Crippen LogP contribution in [0.25, 0.3) is 0 Å². The Morgan fingerprint density at radius 1 is 1.50 bits per heavy atom. The smallest absolute Gasteiger partial charge is 0.138 e. The Hall–Kier alpha value is -0.0200. The Labute approximate surface area is 77.0 Å². The van der Waals surface area contributed by atoms with Gasteiger partial charge >= 0.3 is 0 Å². The molecule has 2 saturated heterocycles. The first-order valence-corrected chi connectivity index (χ1v) is 5.70. The van der Waals surface area contributed by atoms with Crippen molar-refractivity contribution in [1.82, 2.24) is 0 Å². The zero-order chi connectivity index (χ0) is 8.44. The van der Waals surface area contributed by atoms with E-state index in [-0.39, 0.29) is 5.60 Å². The molecule has 1 spiro atoms. The summed E-state index contributed by atoms with van der Waals surface area (Å²) < 4.78 is 5.74. The average Bonchev–Trinajstić information content (AvgIpc) is 2.05. The molecular formula is C9H14O2S. The summed E-state index contributed by atoms with van der Waals surface area (Å²) in [6.45, 7) is 0.652. The van der Waals surface area contributed by atoms with Crippen molar-refractivity contribution >= 4 is 17.5 Å². The number of hydrogen-bond donors (Lipinski definition) is 0. The standard InChI is InChI=1S/C9H14O2S/c10-8-2-4-11-9(6-8)3-1-5-12-7-9/h1-7H2. The van der Waals surface area contributed by atoms with Crippen LogP contribution in [0.15, 0.2) is 0 Å². The lowest BCUT2D eigenvalue weighted by molar-refractivity contribution is -0.138. The fourth-order valence-electron chi connectivity index (χ4n) is 1.96. The Morgan fingerprint density at radius 3 is 3.08 bits per heavy atom. The Morgan fingerprint density at radius 2 is 2.42 bits per heavy atom. The molecular weight excluding hydrogens is 172 g/mol. The molecule has 0 aromatic carbocycles. The number of ketones is 1. The van der Waals surface area contributed by atoms with Crippen molar-refractivity contribution in [1.29, 1.82) is 0 Å². The predicted octanol–water partition coefficient (Wildman–Crippen LogP) is 1.63. The van der Waals surface area contributed by atoms with Crippen LogP contribution in [0.1, 0.15) is 25.7 Å². The number of hydrogen-bond acceptors (Lipinski definition) is 3. The molecule has 0 amide bonds. The molecule has 2 nitrogen and oxygen atoms in total. The summed E-state index contributed by atoms with van der Waals surface area (Å²) in [6, 6.07) is 0. The van der Waals surface area contributed by atoms with Crippen molar-refractivity contribution in [2.24, 2.45) is 0 Å². The lowest BCUT2D eigenvalue weighted by Crippen LogP contribution is -2.44. The SMILES string of the molecule is O=C1CCOC2(CCCSC2)C1. The third kappa shape index (κ3) is 1.67. The first-order chi connectivity index (χ1) is 5.81. The normalized spacial score (nSPS) is 37.2. The molecule has 2 aliphatic rings. The number of carbonyl (C=O) groups excluding carboxylic acids is 1. The minimum Gasteiger partial charge on any atom is -0.373 e. The number of carbonyl (C=O) groups is 1. The molecule has 2 rings (SSSR count). The maximum atomic E-state index is 11.2. The molecule has 1 atom stereocenters. The predicted molar refractivity (Wildman–Crippen MR) is 49.5 cm³/mol. The zero-order valence-electron chi connectivity index (χ0n) is 7.17. The van der Waals surface area contributed by atoms with E-state index >= 15 is 0 Å². The molecule has 1 unspecified atom stereocenters. The number of ether oxygens (including phenoxy) is 1. The quantitative estimate of drug-likeness (QED) is 0.575. The first kappa shape index (κ1) is 8.57. The van der Waals surface area contributed by atoms with Crippen molar-refractivity contribution in [2.45, 2.75) is 31.3 Å². The van der Waals surface area contributed by atoms with Crippen LogP contribution in [-0.2, 0) is 9.53 Å². The van der Waals surface area contributed by atoms with Gasteiger partial charge in [0.05, 0.1) is 12.2 Å². The highest BCUT2D eigenvalue weighted by Gasteiger charge is 2.38. The second-order valence-electron chi connectivity index (χ2n) is 3.65. The number of rotatable bonds is 0. The van der Waals surface area contributed by atoms with Gasteiger partial charge in [-0.1, -0.05) is 0 Å². The zero-order valence-corrected chi connectivity index (χ0v) is 7.99. The van der Waals surface area contributed by atoms with E-state index in [0.717, 1.165) is 12.2 Å². The van der Waals surface area contributed by atoms with Gasteiger partial charge in [0.1, 0.15) is 5.78 Å². The van der Waals surface area contributed by atoms with Gasteiger partial charge in [0.15, 0.2) is 0 Å². The molecule has 12 heavy (non-hydrogen) atoms. The van der Waals surface area contributed by atoms with E-state index in [9.17, 15) is 4.79 Å². The van der Waals surface area contributed by atoms with E-state index in [1.54, 1.807) is 0 Å². The topological polar surface area (TPSA) is 26.3 Å². The van der Waals surface area contributed by atoms with Crippen molar-refractivity contribution in [3.05, 3.63) is 0 Å². The lowest BCUT2D eigenvalue weighted by Gasteiger charge is -2.39. The van der Waals surface area contributed by atoms with E-state index in [4.69, 9.17) is 4.74 Å². The first-order valence-electron chi connectivity index (χ1n) is 4.54. The van der Waals surface area contributed by atoms with Crippen LogP contribution in [0.4, 0.5) is 0 Å². The Balaban J connectivity index is 2.02. The van der Waals surface area contributed by atoms with E-state index in [1.165, 1.54) is 12.2 Å². The van der Waals surface area contributed by atoms with Gasteiger partial charge in [0.25, 0.3) is 0 Å². The van der Waals surface area contributed by atoms with Gasteiger partial charge in [-0.25, -0.2) is 0 Å². The van der Waals surface area contributed by atoms with Crippen LogP contribution in [0.5, 0.6) is 0 Å². The summed E-state index contributed by atoms with van der Waals surface area (Å²) in [5.74, 6) is 2.65. The van der Waals surface area contributed by atoms with Gasteiger partial charge in [-0.05, 0) is 18.6 Å². The van der Waals surface area contributed by atoms with E-state index in [0.29, 0.717) is 25.2 Å². The molecule has 0 aliphatic carbocycles. The highest BCUT2D eigenvalue weighted by molar-refractivity contribution is 7.99. The van der Waals surface area contributed by atoms with Gasteiger partial charge in [-0.2, -0.15) is 11.8 Å². The summed E-state index contributed by atoms with van der Waals surface area (Å²) in [7, 11) is 0. The van der Waals surface area contributed by atoms with Crippen molar-refractivity contribution < 1.29 is 9.53 Å². The lowest BCUT2D eigenvalue weighted by atomic mass is 9.90. The molecule has 0 radical (unpaired) electrons. The molecule has 0 N–H and O–H groups in total. The molecule has 0 aromatic heterocycles. The van der Waals surface area contributed by atoms with Crippen molar-refractivity contribution in [3.8, 4) is 0 Å². The van der Waals surface area contributed by atoms with Crippen LogP contribution in [0.2, 0.25) is 0 Å². The highest BCUT2D eigenvalue weighted by Crippen LogP contribution is 2.35. The maximum Gasteiger partial charge on any atom is 0.138 e. The fourth-order valence-corrected chi connectivity index (χ4v) is 3.15. The third-order valence-corrected chi connectivity index (χ3v) is 3.90. The van der Waals surface area contributed by atoms with Crippen LogP contribution in [0.3, 0.4) is 0 Å². The van der Waals surface area contributed by atoms with Crippen LogP contribution >= 0.6 is 11.8 Å². The minimum absolute atomic E-state index is 0.0573. The van der Waals surface area contributed by atoms with Crippen molar-refractivity contribution in [3.63, 3.8) is 0 Å². The van der Waals surface area contributed by atoms with Gasteiger partial charge < -0.3 is 4.74 Å². The van der Waals surface area contributed by atoms with E-state index in [1.807, 2.05) is 11.8 Å². The van der Waals surface area contributed by atoms with E-state index in [2.05, 4.69) is 0 Å². The van der Waals surface area contributed by atoms with Gasteiger partial charge in [-0.3, -0.25) is 4.79 Å². The van der Waals surface area contributed by atoms with Gasteiger partial charge in [0.2, 0.25) is 0 Å². The summed E-state index contributed by atoms with van der Waals surface area (Å²) in [5.41, 5.74) is -0.0573. The van der Waals surface area contributed by atoms with Crippen molar-refractivity contribution in [2.75, 3.05) is 18.1 Å². The average molecular weight is 186 g/mol. The molecule has 0 bridgehead atoms. The summed E-state index contributed by atoms with van der Waals surface area (Å²) >= 11 is 1.93. The molecule has 2 heterocycles. The summed E-state index contributed by atoms with van der Waals surface area (Å²) in [4.78, 5) is 11.2. The van der Waals surface area contributed by atoms with Crippen LogP contribution < -0.4 is 0 Å². The second-order valence-corrected chi connectivity index (χ2v) is 4.76. The molecule has 68 valence electrons. The van der Waals surface area contributed by atoms with Gasteiger partial charge in [-0.15, -0.1) is 0 Å². The monoisotopic (exact) mass is 186 g/mol. The van der Waals surface area contributed by atoms with Crippen LogP contribution in [0, 0.1) is 0 Å². The molecule has 0 aromatic rings. The minimum atomic E-state index is -0.0573. The second kappa shape index (κ2) is 3.38. The van der Waals surface area contributed by atoms with Crippen LogP contribution in [-0.4, -0.2) is 29.5 Å². The third-order valence-electron chi connectivity index (χ3n) is 2.59. The Bertz CT molecular complexity index is 179. The summed E-state index contributed by atoms with van der Waals surface area (Å²) in [5, 5.41) is 0.